The van der Waals surface area contributed by atoms with E-state index in [1.165, 1.54) is 0 Å². The first kappa shape index (κ1) is 19.1. The third-order valence-corrected chi connectivity index (χ3v) is 5.24. The molecular weight excluding hydrogens is 345 g/mol. The van der Waals surface area contributed by atoms with Crippen LogP contribution in [0.15, 0.2) is 48.5 Å². The van der Waals surface area contributed by atoms with E-state index in [0.29, 0.717) is 6.42 Å². The first-order valence-electron chi connectivity index (χ1n) is 9.27. The molecule has 4 nitrogen and oxygen atoms in total. The second kappa shape index (κ2) is 7.91. The van der Waals surface area contributed by atoms with Gasteiger partial charge in [0.15, 0.2) is 0 Å². The first-order chi connectivity index (χ1) is 12.9. The van der Waals surface area contributed by atoms with Crippen LogP contribution in [0, 0.1) is 5.92 Å². The van der Waals surface area contributed by atoms with E-state index in [1.54, 1.807) is 0 Å². The Kier molecular flexibility index (Phi) is 5.59. The van der Waals surface area contributed by atoms with Crippen molar-refractivity contribution in [2.24, 2.45) is 5.92 Å². The summed E-state index contributed by atoms with van der Waals surface area (Å²) in [4.78, 5) is 24.5. The number of hydrogen-bond acceptors (Lipinski definition) is 2. The number of fused-ring (bicyclic) bond motifs is 3. The molecule has 0 saturated heterocycles. The SMILES string of the molecule is CC(C)CC[C@@H](C(=O)F)N(CC1c2ccccc2-c2ccccc21)C(=O)O. The summed E-state index contributed by atoms with van der Waals surface area (Å²) in [5.74, 6) is 0.0461. The lowest BCUT2D eigenvalue weighted by Crippen LogP contribution is -2.45. The molecule has 5 heteroatoms. The molecule has 1 amide bonds. The molecule has 27 heavy (non-hydrogen) atoms. The van der Waals surface area contributed by atoms with Crippen molar-refractivity contribution in [3.63, 3.8) is 0 Å². The zero-order chi connectivity index (χ0) is 19.6. The number of amides is 1. The van der Waals surface area contributed by atoms with E-state index in [4.69, 9.17) is 0 Å². The van der Waals surface area contributed by atoms with E-state index in [1.807, 2.05) is 62.4 Å². The molecule has 142 valence electrons. The van der Waals surface area contributed by atoms with Crippen molar-refractivity contribution in [2.45, 2.75) is 38.6 Å². The molecule has 0 spiro atoms. The van der Waals surface area contributed by atoms with Gasteiger partial charge in [-0.2, -0.15) is 4.39 Å². The molecule has 2 aromatic rings. The second-order valence-electron chi connectivity index (χ2n) is 7.45. The van der Waals surface area contributed by atoms with Crippen LogP contribution in [0.5, 0.6) is 0 Å². The normalized spacial score (nSPS) is 13.9. The third-order valence-electron chi connectivity index (χ3n) is 5.24. The predicted molar refractivity (Wildman–Crippen MR) is 102 cm³/mol. The van der Waals surface area contributed by atoms with Gasteiger partial charge in [-0.25, -0.2) is 4.79 Å². The minimum Gasteiger partial charge on any atom is -0.465 e. The quantitative estimate of drug-likeness (QED) is 0.693. The summed E-state index contributed by atoms with van der Waals surface area (Å²) in [5, 5.41) is 9.72. The Morgan fingerprint density at radius 3 is 1.96 bits per heavy atom. The first-order valence-corrected chi connectivity index (χ1v) is 9.27. The van der Waals surface area contributed by atoms with Crippen LogP contribution in [-0.4, -0.2) is 34.7 Å². The summed E-state index contributed by atoms with van der Waals surface area (Å²) in [5.41, 5.74) is 4.15. The van der Waals surface area contributed by atoms with Crippen molar-refractivity contribution in [2.75, 3.05) is 6.54 Å². The van der Waals surface area contributed by atoms with E-state index in [9.17, 15) is 19.1 Å². The van der Waals surface area contributed by atoms with Gasteiger partial charge >= 0.3 is 12.1 Å². The highest BCUT2D eigenvalue weighted by Crippen LogP contribution is 2.45. The largest absolute Gasteiger partial charge is 0.465 e. The molecule has 1 aliphatic carbocycles. The average Bonchev–Trinajstić information content (AvgIpc) is 2.94. The molecule has 0 saturated carbocycles. The lowest BCUT2D eigenvalue weighted by Gasteiger charge is -2.29. The van der Waals surface area contributed by atoms with Gasteiger partial charge in [0.05, 0.1) is 0 Å². The molecule has 1 N–H and O–H groups in total. The second-order valence-corrected chi connectivity index (χ2v) is 7.45. The molecule has 0 aromatic heterocycles. The summed E-state index contributed by atoms with van der Waals surface area (Å²) in [6, 6.07) is 12.8. The Bertz CT molecular complexity index is 803. The van der Waals surface area contributed by atoms with Gasteiger partial charge in [-0.3, -0.25) is 9.69 Å². The number of rotatable bonds is 7. The smallest absolute Gasteiger partial charge is 0.408 e. The number of halogens is 1. The van der Waals surface area contributed by atoms with Crippen LogP contribution in [0.4, 0.5) is 9.18 Å². The van der Waals surface area contributed by atoms with Crippen LogP contribution >= 0.6 is 0 Å². The van der Waals surface area contributed by atoms with E-state index in [-0.39, 0.29) is 24.8 Å². The number of nitrogens with zero attached hydrogens (tertiary/aromatic N) is 1. The van der Waals surface area contributed by atoms with Crippen molar-refractivity contribution in [1.82, 2.24) is 4.90 Å². The summed E-state index contributed by atoms with van der Waals surface area (Å²) < 4.78 is 13.7. The maximum atomic E-state index is 13.7. The Labute approximate surface area is 158 Å². The minimum atomic E-state index is -1.59. The Morgan fingerprint density at radius 1 is 1.00 bits per heavy atom. The highest BCUT2D eigenvalue weighted by Gasteiger charge is 2.36. The van der Waals surface area contributed by atoms with E-state index in [0.717, 1.165) is 27.2 Å². The Balaban J connectivity index is 1.95. The molecule has 0 radical (unpaired) electrons. The number of benzene rings is 2. The fourth-order valence-electron chi connectivity index (χ4n) is 3.87. The summed E-state index contributed by atoms with van der Waals surface area (Å²) in [7, 11) is 0. The van der Waals surface area contributed by atoms with Gasteiger partial charge in [0.25, 0.3) is 0 Å². The molecule has 0 unspecified atom stereocenters. The molecule has 2 aromatic carbocycles. The minimum absolute atomic E-state index is 0.0573. The number of carbonyl (C=O) groups is 2. The van der Waals surface area contributed by atoms with Gasteiger partial charge in [0.1, 0.15) is 6.04 Å². The Morgan fingerprint density at radius 2 is 1.52 bits per heavy atom. The van der Waals surface area contributed by atoms with Gasteiger partial charge in [-0.1, -0.05) is 62.4 Å². The van der Waals surface area contributed by atoms with Gasteiger partial charge in [-0.15, -0.1) is 0 Å². The Hall–Kier alpha value is -2.69. The van der Waals surface area contributed by atoms with Crippen molar-refractivity contribution in [3.05, 3.63) is 59.7 Å². The van der Waals surface area contributed by atoms with Gasteiger partial charge in [0.2, 0.25) is 0 Å². The fourth-order valence-corrected chi connectivity index (χ4v) is 3.87. The van der Waals surface area contributed by atoms with Crippen LogP contribution < -0.4 is 0 Å². The van der Waals surface area contributed by atoms with Gasteiger partial charge in [-0.05, 0) is 41.0 Å². The topological polar surface area (TPSA) is 57.6 Å². The average molecular weight is 369 g/mol. The number of hydrogen-bond donors (Lipinski definition) is 1. The third kappa shape index (κ3) is 3.87. The monoisotopic (exact) mass is 369 g/mol. The standard InChI is InChI=1S/C22H24FNO3/c1-14(2)11-12-20(21(23)25)24(22(26)27)13-19-17-9-5-3-7-15(17)16-8-4-6-10-18(16)19/h3-10,14,19-20H,11-13H2,1-2H3,(H,26,27)/t20-/m0/s1. The molecule has 1 atom stereocenters. The van der Waals surface area contributed by atoms with Crippen LogP contribution in [-0.2, 0) is 4.79 Å². The van der Waals surface area contributed by atoms with Crippen LogP contribution in [0.3, 0.4) is 0 Å². The van der Waals surface area contributed by atoms with Crippen LogP contribution in [0.2, 0.25) is 0 Å². The molecule has 0 aliphatic heterocycles. The molecular formula is C22H24FNO3. The van der Waals surface area contributed by atoms with Crippen molar-refractivity contribution >= 4 is 12.1 Å². The van der Waals surface area contributed by atoms with Crippen molar-refractivity contribution in [1.29, 1.82) is 0 Å². The van der Waals surface area contributed by atoms with Gasteiger partial charge < -0.3 is 5.11 Å². The highest BCUT2D eigenvalue weighted by atomic mass is 19.1. The molecule has 0 fully saturated rings. The lowest BCUT2D eigenvalue weighted by atomic mass is 9.95. The molecule has 0 heterocycles. The summed E-state index contributed by atoms with van der Waals surface area (Å²) >= 11 is 0. The van der Waals surface area contributed by atoms with Crippen LogP contribution in [0.25, 0.3) is 11.1 Å². The molecule has 3 rings (SSSR count). The predicted octanol–water partition coefficient (Wildman–Crippen LogP) is 5.08. The van der Waals surface area contributed by atoms with Crippen molar-refractivity contribution in [3.8, 4) is 11.1 Å². The van der Waals surface area contributed by atoms with E-state index < -0.39 is 18.2 Å². The van der Waals surface area contributed by atoms with E-state index >= 15 is 0 Å². The summed E-state index contributed by atoms with van der Waals surface area (Å²) in [6.07, 6.45) is -0.492. The number of carbonyl (C=O) groups excluding carboxylic acids is 1. The van der Waals surface area contributed by atoms with Crippen LogP contribution in [0.1, 0.15) is 43.7 Å². The van der Waals surface area contributed by atoms with Crippen molar-refractivity contribution < 1.29 is 19.1 Å². The molecule has 0 bridgehead atoms. The van der Waals surface area contributed by atoms with Gasteiger partial charge in [0, 0.05) is 12.5 Å². The zero-order valence-electron chi connectivity index (χ0n) is 15.6. The van der Waals surface area contributed by atoms with E-state index in [2.05, 4.69) is 0 Å². The zero-order valence-corrected chi connectivity index (χ0v) is 15.6. The highest BCUT2D eigenvalue weighted by molar-refractivity contribution is 5.81. The number of carboxylic acid groups (broad SMARTS) is 1. The maximum absolute atomic E-state index is 13.7. The molecule has 1 aliphatic rings. The lowest BCUT2D eigenvalue weighted by molar-refractivity contribution is -0.134. The maximum Gasteiger partial charge on any atom is 0.408 e. The summed E-state index contributed by atoms with van der Waals surface area (Å²) in [6.45, 7) is 3.99. The fraction of sp³-hybridized carbons (Fsp3) is 0.364.